The average Bonchev–Trinajstić information content (AvgIpc) is 3.08. The molecular weight excluding hydrogens is 272 g/mol. The van der Waals surface area contributed by atoms with Crippen molar-refractivity contribution in [3.8, 4) is 5.88 Å². The Bertz CT molecular complexity index is 729. The van der Waals surface area contributed by atoms with Gasteiger partial charge in [-0.2, -0.15) is 0 Å². The van der Waals surface area contributed by atoms with Gasteiger partial charge in [-0.25, -0.2) is 4.98 Å². The van der Waals surface area contributed by atoms with Crippen LogP contribution in [-0.2, 0) is 11.3 Å². The summed E-state index contributed by atoms with van der Waals surface area (Å²) in [5, 5.41) is 6.36. The molecule has 0 aliphatic rings. The molecule has 2 aromatic heterocycles. The Balaban J connectivity index is 1.51. The van der Waals surface area contributed by atoms with Gasteiger partial charge in [0, 0.05) is 6.07 Å². The van der Waals surface area contributed by atoms with Gasteiger partial charge in [-0.1, -0.05) is 12.1 Å². The molecule has 0 fully saturated rings. The van der Waals surface area contributed by atoms with Crippen molar-refractivity contribution in [1.29, 1.82) is 0 Å². The van der Waals surface area contributed by atoms with Crippen LogP contribution in [0, 0.1) is 6.92 Å². The van der Waals surface area contributed by atoms with Gasteiger partial charge in [-0.05, 0) is 24.2 Å². The molecule has 7 nitrogen and oxygen atoms in total. The quantitative estimate of drug-likeness (QED) is 0.742. The minimum absolute atomic E-state index is 0.119. The summed E-state index contributed by atoms with van der Waals surface area (Å²) in [5.41, 5.74) is 1.81. The first-order valence-corrected chi connectivity index (χ1v) is 6.47. The van der Waals surface area contributed by atoms with E-state index in [-0.39, 0.29) is 12.5 Å². The number of benzene rings is 1. The highest BCUT2D eigenvalue weighted by atomic mass is 16.5. The van der Waals surface area contributed by atoms with Crippen LogP contribution in [0.5, 0.6) is 5.88 Å². The van der Waals surface area contributed by atoms with Gasteiger partial charge < -0.3 is 19.6 Å². The first kappa shape index (κ1) is 13.2. The van der Waals surface area contributed by atoms with Gasteiger partial charge in [0.05, 0.1) is 17.6 Å². The Kier molecular flexibility index (Phi) is 3.55. The van der Waals surface area contributed by atoms with Crippen LogP contribution in [0.3, 0.4) is 0 Å². The molecule has 7 heteroatoms. The zero-order chi connectivity index (χ0) is 14.7. The van der Waals surface area contributed by atoms with Crippen LogP contribution in [0.2, 0.25) is 0 Å². The number of fused-ring (bicyclic) bond motifs is 1. The largest absolute Gasteiger partial charge is 0.465 e. The molecule has 3 aromatic rings. The molecule has 0 aliphatic carbocycles. The number of hydrogen-bond acceptors (Lipinski definition) is 5. The molecule has 0 bridgehead atoms. The Morgan fingerprint density at radius 1 is 1.43 bits per heavy atom. The molecule has 2 heterocycles. The van der Waals surface area contributed by atoms with E-state index in [1.165, 1.54) is 0 Å². The Labute approximate surface area is 120 Å². The van der Waals surface area contributed by atoms with E-state index < -0.39 is 0 Å². The highest BCUT2D eigenvalue weighted by molar-refractivity contribution is 5.78. The first-order valence-electron chi connectivity index (χ1n) is 6.47. The van der Waals surface area contributed by atoms with Crippen molar-refractivity contribution in [2.75, 3.05) is 6.61 Å². The number of carbonyl (C=O) groups is 1. The molecule has 0 spiro atoms. The van der Waals surface area contributed by atoms with Crippen LogP contribution >= 0.6 is 0 Å². The molecular formula is C14H14N4O3. The predicted molar refractivity (Wildman–Crippen MR) is 74.7 cm³/mol. The second-order valence-electron chi connectivity index (χ2n) is 4.54. The molecule has 108 valence electrons. The maximum atomic E-state index is 11.7. The summed E-state index contributed by atoms with van der Waals surface area (Å²) in [6.07, 6.45) is 0. The van der Waals surface area contributed by atoms with Crippen molar-refractivity contribution < 1.29 is 14.1 Å². The van der Waals surface area contributed by atoms with E-state index in [1.807, 2.05) is 24.3 Å². The monoisotopic (exact) mass is 286 g/mol. The molecule has 1 amide bonds. The topological polar surface area (TPSA) is 93.0 Å². The summed E-state index contributed by atoms with van der Waals surface area (Å²) in [6.45, 7) is 1.95. The Morgan fingerprint density at radius 3 is 3.05 bits per heavy atom. The molecule has 0 aliphatic heterocycles. The van der Waals surface area contributed by atoms with Crippen LogP contribution in [0.4, 0.5) is 0 Å². The summed E-state index contributed by atoms with van der Waals surface area (Å²) in [5.74, 6) is 1.37. The number of H-pyrrole nitrogens is 1. The van der Waals surface area contributed by atoms with Crippen molar-refractivity contribution in [3.63, 3.8) is 0 Å². The third-order valence-corrected chi connectivity index (χ3v) is 2.85. The molecule has 21 heavy (non-hydrogen) atoms. The van der Waals surface area contributed by atoms with Crippen LogP contribution in [0.15, 0.2) is 34.9 Å². The summed E-state index contributed by atoms with van der Waals surface area (Å²) in [7, 11) is 0. The van der Waals surface area contributed by atoms with Crippen LogP contribution in [0.1, 0.15) is 11.6 Å². The lowest BCUT2D eigenvalue weighted by atomic mass is 10.3. The van der Waals surface area contributed by atoms with E-state index >= 15 is 0 Å². The van der Waals surface area contributed by atoms with Gasteiger partial charge in [0.25, 0.3) is 11.8 Å². The second kappa shape index (κ2) is 5.66. The highest BCUT2D eigenvalue weighted by Crippen LogP contribution is 2.10. The van der Waals surface area contributed by atoms with Crippen molar-refractivity contribution in [3.05, 3.63) is 41.9 Å². The fraction of sp³-hybridized carbons (Fsp3) is 0.214. The van der Waals surface area contributed by atoms with E-state index in [1.54, 1.807) is 13.0 Å². The number of nitrogens with one attached hydrogen (secondary N) is 2. The molecule has 0 radical (unpaired) electrons. The predicted octanol–water partition coefficient (Wildman–Crippen LogP) is 1.55. The first-order chi connectivity index (χ1) is 10.2. The van der Waals surface area contributed by atoms with Crippen molar-refractivity contribution in [1.82, 2.24) is 20.4 Å². The average molecular weight is 286 g/mol. The van der Waals surface area contributed by atoms with Crippen LogP contribution in [0.25, 0.3) is 11.0 Å². The third kappa shape index (κ3) is 3.19. The van der Waals surface area contributed by atoms with E-state index in [0.717, 1.165) is 11.0 Å². The number of ether oxygens (including phenoxy) is 1. The zero-order valence-corrected chi connectivity index (χ0v) is 11.4. The molecule has 0 atom stereocenters. The number of aromatic nitrogens is 3. The molecule has 2 N–H and O–H groups in total. The van der Waals surface area contributed by atoms with Crippen molar-refractivity contribution >= 4 is 16.9 Å². The number of nitrogens with zero attached hydrogens (tertiary/aromatic N) is 2. The summed E-state index contributed by atoms with van der Waals surface area (Å²) < 4.78 is 10.0. The van der Waals surface area contributed by atoms with Gasteiger partial charge in [0.1, 0.15) is 11.6 Å². The number of amides is 1. The normalized spacial score (nSPS) is 10.7. The van der Waals surface area contributed by atoms with Gasteiger partial charge in [0.2, 0.25) is 0 Å². The molecule has 1 aromatic carbocycles. The van der Waals surface area contributed by atoms with Gasteiger partial charge in [-0.3, -0.25) is 4.79 Å². The number of aryl methyl sites for hydroxylation is 1. The number of imidazole rings is 1. The maximum Gasteiger partial charge on any atom is 0.258 e. The lowest BCUT2D eigenvalue weighted by Crippen LogP contribution is -2.28. The second-order valence-corrected chi connectivity index (χ2v) is 4.54. The van der Waals surface area contributed by atoms with Gasteiger partial charge in [-0.15, -0.1) is 0 Å². The van der Waals surface area contributed by atoms with E-state index in [2.05, 4.69) is 20.4 Å². The standard InChI is InChI=1S/C14H14N4O3/c1-9-6-14(18-21-9)20-8-13(19)15-7-12-16-10-4-2-3-5-11(10)17-12/h2-6H,7-8H2,1H3,(H,15,19)(H,16,17). The van der Waals surface area contributed by atoms with Crippen LogP contribution in [-0.4, -0.2) is 27.6 Å². The van der Waals surface area contributed by atoms with Crippen molar-refractivity contribution in [2.45, 2.75) is 13.5 Å². The smallest absolute Gasteiger partial charge is 0.258 e. The number of carbonyl (C=O) groups excluding carboxylic acids is 1. The van der Waals surface area contributed by atoms with Crippen LogP contribution < -0.4 is 10.1 Å². The fourth-order valence-electron chi connectivity index (χ4n) is 1.87. The number of hydrogen-bond donors (Lipinski definition) is 2. The van der Waals surface area contributed by atoms with E-state index in [0.29, 0.717) is 24.0 Å². The Morgan fingerprint density at radius 2 is 2.29 bits per heavy atom. The third-order valence-electron chi connectivity index (χ3n) is 2.85. The summed E-state index contributed by atoms with van der Waals surface area (Å²) >= 11 is 0. The SMILES string of the molecule is Cc1cc(OCC(=O)NCc2nc3ccccc3[nH]2)no1. The summed E-state index contributed by atoms with van der Waals surface area (Å²) in [4.78, 5) is 19.2. The summed E-state index contributed by atoms with van der Waals surface area (Å²) in [6, 6.07) is 9.30. The lowest BCUT2D eigenvalue weighted by molar-refractivity contribution is -0.123. The minimum Gasteiger partial charge on any atom is -0.465 e. The number of aromatic amines is 1. The van der Waals surface area contributed by atoms with E-state index in [9.17, 15) is 4.79 Å². The molecule has 0 saturated heterocycles. The minimum atomic E-state index is -0.254. The molecule has 3 rings (SSSR count). The van der Waals surface area contributed by atoms with E-state index in [4.69, 9.17) is 9.26 Å². The molecule has 0 saturated carbocycles. The number of para-hydroxylation sites is 2. The zero-order valence-electron chi connectivity index (χ0n) is 11.4. The fourth-order valence-corrected chi connectivity index (χ4v) is 1.87. The van der Waals surface area contributed by atoms with Gasteiger partial charge in [0.15, 0.2) is 6.61 Å². The Hall–Kier alpha value is -2.83. The van der Waals surface area contributed by atoms with Crippen molar-refractivity contribution in [2.24, 2.45) is 0 Å². The molecule has 0 unspecified atom stereocenters. The van der Waals surface area contributed by atoms with Gasteiger partial charge >= 0.3 is 0 Å². The number of rotatable bonds is 5. The maximum absolute atomic E-state index is 11.7. The highest BCUT2D eigenvalue weighted by Gasteiger charge is 2.07. The lowest BCUT2D eigenvalue weighted by Gasteiger charge is -2.03.